The van der Waals surface area contributed by atoms with E-state index in [1.54, 1.807) is 6.07 Å². The van der Waals surface area contributed by atoms with Crippen molar-refractivity contribution in [2.75, 3.05) is 4.90 Å². The van der Waals surface area contributed by atoms with Crippen LogP contribution in [-0.2, 0) is 9.53 Å². The van der Waals surface area contributed by atoms with Gasteiger partial charge in [0.15, 0.2) is 0 Å². The summed E-state index contributed by atoms with van der Waals surface area (Å²) in [6.45, 7) is 1.93. The Morgan fingerprint density at radius 2 is 2.17 bits per heavy atom. The minimum atomic E-state index is -0.805. The molecule has 2 aliphatic rings. The maximum atomic E-state index is 13.4. The number of carbonyl (C=O) groups excluding carboxylic acids is 1. The molecule has 2 fully saturated rings. The number of aliphatic carboxylic acids is 1. The number of aromatic nitrogens is 1. The van der Waals surface area contributed by atoms with Crippen LogP contribution in [0.2, 0.25) is 0 Å². The molecule has 1 saturated heterocycles. The lowest BCUT2D eigenvalue weighted by Crippen LogP contribution is -2.48. The standard InChI is InChI=1S/C16H19FN2O4/c1-2-11-16(8-6-10(7-9-16)14(20)21)23-15(22)19(11)13-5-3-4-12(17)18-13/h3-5,10-11H,2,6-9H2,1H3,(H,20,21). The number of amides is 1. The predicted molar refractivity (Wildman–Crippen MR) is 79.6 cm³/mol. The summed E-state index contributed by atoms with van der Waals surface area (Å²) in [5.41, 5.74) is -0.703. The van der Waals surface area contributed by atoms with E-state index in [9.17, 15) is 14.0 Å². The molecule has 1 aromatic rings. The topological polar surface area (TPSA) is 79.7 Å². The van der Waals surface area contributed by atoms with Gasteiger partial charge in [-0.15, -0.1) is 0 Å². The van der Waals surface area contributed by atoms with Gasteiger partial charge in [-0.2, -0.15) is 4.39 Å². The van der Waals surface area contributed by atoms with Crippen molar-refractivity contribution in [2.45, 2.75) is 50.7 Å². The van der Waals surface area contributed by atoms with Gasteiger partial charge in [0, 0.05) is 0 Å². The number of anilines is 1. The Morgan fingerprint density at radius 1 is 1.48 bits per heavy atom. The molecule has 6 nitrogen and oxygen atoms in total. The van der Waals surface area contributed by atoms with Crippen LogP contribution in [0.5, 0.6) is 0 Å². The van der Waals surface area contributed by atoms with Crippen molar-refractivity contribution in [1.29, 1.82) is 0 Å². The number of hydrogen-bond acceptors (Lipinski definition) is 4. The summed E-state index contributed by atoms with van der Waals surface area (Å²) < 4.78 is 19.1. The minimum Gasteiger partial charge on any atom is -0.481 e. The Hall–Kier alpha value is -2.18. The number of ether oxygens (including phenoxy) is 1. The van der Waals surface area contributed by atoms with Gasteiger partial charge in [-0.05, 0) is 44.2 Å². The van der Waals surface area contributed by atoms with Gasteiger partial charge in [0.05, 0.1) is 12.0 Å². The Morgan fingerprint density at radius 3 is 2.74 bits per heavy atom. The monoisotopic (exact) mass is 322 g/mol. The number of carboxylic acid groups (broad SMARTS) is 1. The summed E-state index contributed by atoms with van der Waals surface area (Å²) in [6.07, 6.45) is 2.04. The summed E-state index contributed by atoms with van der Waals surface area (Å²) in [7, 11) is 0. The van der Waals surface area contributed by atoms with Gasteiger partial charge in [-0.1, -0.05) is 13.0 Å². The summed E-state index contributed by atoms with van der Waals surface area (Å²) in [5, 5.41) is 9.14. The van der Waals surface area contributed by atoms with E-state index in [0.29, 0.717) is 32.1 Å². The third-order valence-electron chi connectivity index (χ3n) is 4.92. The molecule has 1 atom stereocenters. The molecule has 2 heterocycles. The molecule has 23 heavy (non-hydrogen) atoms. The second kappa shape index (κ2) is 5.79. The van der Waals surface area contributed by atoms with E-state index in [4.69, 9.17) is 9.84 Å². The van der Waals surface area contributed by atoms with E-state index in [1.165, 1.54) is 17.0 Å². The van der Waals surface area contributed by atoms with Crippen LogP contribution in [0.15, 0.2) is 18.2 Å². The van der Waals surface area contributed by atoms with Crippen molar-refractivity contribution in [3.05, 3.63) is 24.1 Å². The van der Waals surface area contributed by atoms with E-state index in [-0.39, 0.29) is 11.9 Å². The van der Waals surface area contributed by atoms with Crippen LogP contribution in [0.3, 0.4) is 0 Å². The third kappa shape index (κ3) is 2.64. The lowest BCUT2D eigenvalue weighted by atomic mass is 9.74. The van der Waals surface area contributed by atoms with Crippen molar-refractivity contribution < 1.29 is 23.8 Å². The highest BCUT2D eigenvalue weighted by atomic mass is 19.1. The molecule has 1 spiro atoms. The summed E-state index contributed by atoms with van der Waals surface area (Å²) >= 11 is 0. The van der Waals surface area contributed by atoms with Gasteiger partial charge in [0.25, 0.3) is 0 Å². The lowest BCUT2D eigenvalue weighted by molar-refractivity contribution is -0.144. The van der Waals surface area contributed by atoms with Gasteiger partial charge in [0.1, 0.15) is 11.4 Å². The average Bonchev–Trinajstić information content (AvgIpc) is 2.79. The number of carbonyl (C=O) groups is 2. The zero-order chi connectivity index (χ0) is 16.6. The van der Waals surface area contributed by atoms with Gasteiger partial charge < -0.3 is 9.84 Å². The Labute approximate surface area is 133 Å². The lowest BCUT2D eigenvalue weighted by Gasteiger charge is -2.38. The molecule has 1 aromatic heterocycles. The SMILES string of the molecule is CCC1N(c2cccc(F)n2)C(=O)OC12CCC(C(=O)O)CC2. The molecule has 0 radical (unpaired) electrons. The smallest absolute Gasteiger partial charge is 0.416 e. The van der Waals surface area contributed by atoms with E-state index < -0.39 is 29.5 Å². The first kappa shape index (κ1) is 15.7. The highest BCUT2D eigenvalue weighted by Gasteiger charge is 2.55. The van der Waals surface area contributed by atoms with Gasteiger partial charge >= 0.3 is 12.1 Å². The number of carboxylic acids is 1. The van der Waals surface area contributed by atoms with E-state index in [1.807, 2.05) is 6.92 Å². The minimum absolute atomic E-state index is 0.235. The van der Waals surface area contributed by atoms with Crippen molar-refractivity contribution >= 4 is 17.9 Å². The zero-order valence-corrected chi connectivity index (χ0v) is 12.9. The van der Waals surface area contributed by atoms with Crippen LogP contribution in [0.25, 0.3) is 0 Å². The molecule has 124 valence electrons. The molecule has 0 aromatic carbocycles. The molecule has 1 N–H and O–H groups in total. The molecule has 1 amide bonds. The number of hydrogen-bond donors (Lipinski definition) is 1. The van der Waals surface area contributed by atoms with Crippen molar-refractivity contribution in [3.63, 3.8) is 0 Å². The van der Waals surface area contributed by atoms with Gasteiger partial charge in [0.2, 0.25) is 5.95 Å². The first-order valence-electron chi connectivity index (χ1n) is 7.84. The zero-order valence-electron chi connectivity index (χ0n) is 12.9. The highest BCUT2D eigenvalue weighted by Crippen LogP contribution is 2.45. The van der Waals surface area contributed by atoms with E-state index in [2.05, 4.69) is 4.98 Å². The molecule has 1 aliphatic heterocycles. The molecular formula is C16H19FN2O4. The van der Waals surface area contributed by atoms with E-state index in [0.717, 1.165) is 0 Å². The highest BCUT2D eigenvalue weighted by molar-refractivity contribution is 5.90. The van der Waals surface area contributed by atoms with Gasteiger partial charge in [-0.25, -0.2) is 9.78 Å². The number of nitrogens with zero attached hydrogens (tertiary/aromatic N) is 2. The Kier molecular flexibility index (Phi) is 3.95. The van der Waals surface area contributed by atoms with Gasteiger partial charge in [-0.3, -0.25) is 9.69 Å². The van der Waals surface area contributed by atoms with Crippen molar-refractivity contribution in [1.82, 2.24) is 4.98 Å². The molecule has 0 bridgehead atoms. The Bertz CT molecular complexity index is 628. The molecule has 1 saturated carbocycles. The maximum Gasteiger partial charge on any atom is 0.416 e. The van der Waals surface area contributed by atoms with E-state index >= 15 is 0 Å². The van der Waals surface area contributed by atoms with Crippen LogP contribution >= 0.6 is 0 Å². The first-order chi connectivity index (χ1) is 11.0. The number of pyridine rings is 1. The fourth-order valence-electron chi connectivity index (χ4n) is 3.78. The van der Waals surface area contributed by atoms with Crippen molar-refractivity contribution in [3.8, 4) is 0 Å². The molecular weight excluding hydrogens is 303 g/mol. The third-order valence-corrected chi connectivity index (χ3v) is 4.92. The quantitative estimate of drug-likeness (QED) is 0.865. The summed E-state index contributed by atoms with van der Waals surface area (Å²) in [6, 6.07) is 4.04. The number of rotatable bonds is 3. The Balaban J connectivity index is 1.88. The van der Waals surface area contributed by atoms with Crippen LogP contribution in [0, 0.1) is 11.9 Å². The van der Waals surface area contributed by atoms with Crippen molar-refractivity contribution in [2.24, 2.45) is 5.92 Å². The number of halogens is 1. The van der Waals surface area contributed by atoms with Crippen LogP contribution < -0.4 is 4.90 Å². The fraction of sp³-hybridized carbons (Fsp3) is 0.562. The summed E-state index contributed by atoms with van der Waals surface area (Å²) in [5.74, 6) is -1.61. The van der Waals surface area contributed by atoms with Crippen LogP contribution in [-0.4, -0.2) is 33.8 Å². The normalized spacial score (nSPS) is 30.5. The molecule has 1 aliphatic carbocycles. The second-order valence-electron chi connectivity index (χ2n) is 6.16. The molecule has 7 heteroatoms. The molecule has 3 rings (SSSR count). The predicted octanol–water partition coefficient (Wildman–Crippen LogP) is 2.97. The molecule has 1 unspecified atom stereocenters. The first-order valence-corrected chi connectivity index (χ1v) is 7.84. The fourth-order valence-corrected chi connectivity index (χ4v) is 3.78. The summed E-state index contributed by atoms with van der Waals surface area (Å²) in [4.78, 5) is 28.7. The van der Waals surface area contributed by atoms with Crippen LogP contribution in [0.4, 0.5) is 15.0 Å². The second-order valence-corrected chi connectivity index (χ2v) is 6.16. The maximum absolute atomic E-state index is 13.4. The largest absolute Gasteiger partial charge is 0.481 e. The average molecular weight is 322 g/mol. The van der Waals surface area contributed by atoms with Crippen LogP contribution in [0.1, 0.15) is 39.0 Å².